The molecular weight excluding hydrogens is 294 g/mol. The van der Waals surface area contributed by atoms with Crippen LogP contribution in [0.15, 0.2) is 0 Å². The second kappa shape index (κ2) is 14.3. The molecule has 0 radical (unpaired) electrons. The second-order valence-electron chi connectivity index (χ2n) is 6.25. The fourth-order valence-corrected chi connectivity index (χ4v) is 2.27. The summed E-state index contributed by atoms with van der Waals surface area (Å²) in [5.41, 5.74) is 5.08. The van der Waals surface area contributed by atoms with Crippen molar-refractivity contribution in [2.24, 2.45) is 11.7 Å². The maximum absolute atomic E-state index is 12.0. The van der Waals surface area contributed by atoms with E-state index in [4.69, 9.17) is 10.5 Å². The summed E-state index contributed by atoms with van der Waals surface area (Å²) in [5.74, 6) is -0.207. The van der Waals surface area contributed by atoms with Crippen molar-refractivity contribution >= 4 is 11.9 Å². The van der Waals surface area contributed by atoms with E-state index in [-0.39, 0.29) is 11.8 Å². The Morgan fingerprint density at radius 3 is 2.22 bits per heavy atom. The Morgan fingerprint density at radius 1 is 1.00 bits per heavy atom. The number of urea groups is 1. The van der Waals surface area contributed by atoms with Crippen molar-refractivity contribution in [3.8, 4) is 0 Å². The molecule has 0 aliphatic heterocycles. The lowest BCUT2D eigenvalue weighted by molar-refractivity contribution is -0.123. The van der Waals surface area contributed by atoms with Crippen molar-refractivity contribution < 1.29 is 14.3 Å². The molecule has 6 heteroatoms. The third-order valence-corrected chi connectivity index (χ3v) is 3.65. The Balaban J connectivity index is 3.55. The molecule has 1 atom stereocenters. The number of amides is 3. The molecule has 23 heavy (non-hydrogen) atoms. The molecule has 0 heterocycles. The minimum Gasteiger partial charge on any atom is -0.381 e. The molecule has 1 unspecified atom stereocenters. The van der Waals surface area contributed by atoms with Crippen LogP contribution in [0.5, 0.6) is 0 Å². The molecule has 3 amide bonds. The quantitative estimate of drug-likeness (QED) is 0.428. The highest BCUT2D eigenvalue weighted by Crippen LogP contribution is 2.05. The van der Waals surface area contributed by atoms with Gasteiger partial charge in [0, 0.05) is 19.8 Å². The Hall–Kier alpha value is -1.30. The summed E-state index contributed by atoms with van der Waals surface area (Å²) >= 11 is 0. The predicted molar refractivity (Wildman–Crippen MR) is 93.2 cm³/mol. The van der Waals surface area contributed by atoms with Gasteiger partial charge >= 0.3 is 6.03 Å². The van der Waals surface area contributed by atoms with Gasteiger partial charge in [0.05, 0.1) is 0 Å². The number of carbonyl (C=O) groups excluding carboxylic acids is 2. The Labute approximate surface area is 140 Å². The molecule has 0 saturated carbocycles. The van der Waals surface area contributed by atoms with Gasteiger partial charge in [0.1, 0.15) is 6.04 Å². The summed E-state index contributed by atoms with van der Waals surface area (Å²) in [7, 11) is 0. The first-order valence-electron chi connectivity index (χ1n) is 8.90. The lowest BCUT2D eigenvalue weighted by atomic mass is 10.0. The van der Waals surface area contributed by atoms with Gasteiger partial charge in [-0.05, 0) is 18.8 Å². The van der Waals surface area contributed by atoms with Crippen molar-refractivity contribution in [3.63, 3.8) is 0 Å². The molecule has 0 fully saturated rings. The molecule has 0 aromatic rings. The number of rotatable bonds is 14. The number of hydrogen-bond acceptors (Lipinski definition) is 3. The third-order valence-electron chi connectivity index (χ3n) is 3.65. The molecule has 0 bridgehead atoms. The molecule has 0 aromatic heterocycles. The molecule has 0 aliphatic carbocycles. The fraction of sp³-hybridized carbons (Fsp3) is 0.882. The zero-order chi connectivity index (χ0) is 17.5. The van der Waals surface area contributed by atoms with E-state index in [9.17, 15) is 9.59 Å². The zero-order valence-corrected chi connectivity index (χ0v) is 15.0. The van der Waals surface area contributed by atoms with Crippen LogP contribution in [0.1, 0.15) is 65.7 Å². The van der Waals surface area contributed by atoms with Gasteiger partial charge in [0.15, 0.2) is 0 Å². The van der Waals surface area contributed by atoms with Crippen molar-refractivity contribution in [1.29, 1.82) is 0 Å². The molecule has 0 saturated heterocycles. The molecule has 6 nitrogen and oxygen atoms in total. The number of hydrogen-bond donors (Lipinski definition) is 3. The molecule has 0 aromatic carbocycles. The van der Waals surface area contributed by atoms with Crippen LogP contribution in [0.2, 0.25) is 0 Å². The highest BCUT2D eigenvalue weighted by Gasteiger charge is 2.22. The smallest absolute Gasteiger partial charge is 0.312 e. The summed E-state index contributed by atoms with van der Waals surface area (Å²) in [6.07, 6.45) is 8.30. The molecule has 136 valence electrons. The molecule has 4 N–H and O–H groups in total. The largest absolute Gasteiger partial charge is 0.381 e. The van der Waals surface area contributed by atoms with Gasteiger partial charge in [-0.1, -0.05) is 52.9 Å². The summed E-state index contributed by atoms with van der Waals surface area (Å²) in [4.78, 5) is 22.8. The number of primary amides is 1. The van der Waals surface area contributed by atoms with Gasteiger partial charge < -0.3 is 21.1 Å². The molecule has 0 spiro atoms. The Morgan fingerprint density at radius 2 is 1.61 bits per heavy atom. The topological polar surface area (TPSA) is 93.4 Å². The van der Waals surface area contributed by atoms with Gasteiger partial charge in [-0.3, -0.25) is 4.79 Å². The van der Waals surface area contributed by atoms with Gasteiger partial charge in [-0.15, -0.1) is 0 Å². The average molecular weight is 329 g/mol. The maximum Gasteiger partial charge on any atom is 0.312 e. The number of nitrogens with one attached hydrogen (secondary N) is 2. The van der Waals surface area contributed by atoms with Crippen LogP contribution < -0.4 is 16.4 Å². The average Bonchev–Trinajstić information content (AvgIpc) is 2.49. The van der Waals surface area contributed by atoms with E-state index in [0.29, 0.717) is 13.2 Å². The summed E-state index contributed by atoms with van der Waals surface area (Å²) in [6.45, 7) is 7.92. The van der Waals surface area contributed by atoms with Crippen LogP contribution >= 0.6 is 0 Å². The number of ether oxygens (including phenoxy) is 1. The third kappa shape index (κ3) is 12.9. The van der Waals surface area contributed by atoms with E-state index in [1.807, 2.05) is 13.8 Å². The first-order valence-corrected chi connectivity index (χ1v) is 8.90. The minimum atomic E-state index is -0.680. The number of unbranched alkanes of at least 4 members (excludes halogenated alkanes) is 5. The summed E-state index contributed by atoms with van der Waals surface area (Å²) in [5, 5.41) is 5.27. The van der Waals surface area contributed by atoms with Crippen LogP contribution in [0.25, 0.3) is 0 Å². The van der Waals surface area contributed by atoms with Crippen LogP contribution in [0.4, 0.5) is 4.79 Å². The second-order valence-corrected chi connectivity index (χ2v) is 6.25. The Kier molecular flexibility index (Phi) is 13.5. The fourth-order valence-electron chi connectivity index (χ4n) is 2.27. The lowest BCUT2D eigenvalue weighted by Crippen LogP contribution is -2.51. The molecule has 0 rings (SSSR count). The molecule has 0 aliphatic rings. The van der Waals surface area contributed by atoms with Gasteiger partial charge in [-0.25, -0.2) is 4.79 Å². The highest BCUT2D eigenvalue weighted by molar-refractivity contribution is 5.86. The molecular formula is C17H35N3O3. The minimum absolute atomic E-state index is 0.00791. The van der Waals surface area contributed by atoms with Gasteiger partial charge in [-0.2, -0.15) is 0 Å². The van der Waals surface area contributed by atoms with E-state index in [1.54, 1.807) is 0 Å². The summed E-state index contributed by atoms with van der Waals surface area (Å²) in [6, 6.07) is -1.27. The highest BCUT2D eigenvalue weighted by atomic mass is 16.5. The first-order chi connectivity index (χ1) is 11.0. The van der Waals surface area contributed by atoms with Crippen molar-refractivity contribution in [2.45, 2.75) is 71.8 Å². The van der Waals surface area contributed by atoms with E-state index in [1.165, 1.54) is 32.1 Å². The van der Waals surface area contributed by atoms with Crippen LogP contribution in [0, 0.1) is 5.92 Å². The van der Waals surface area contributed by atoms with E-state index in [2.05, 4.69) is 17.6 Å². The van der Waals surface area contributed by atoms with E-state index >= 15 is 0 Å². The maximum atomic E-state index is 12.0. The van der Waals surface area contributed by atoms with Crippen molar-refractivity contribution in [1.82, 2.24) is 10.6 Å². The number of carbonyl (C=O) groups is 2. The lowest BCUT2D eigenvalue weighted by Gasteiger charge is -2.20. The van der Waals surface area contributed by atoms with Gasteiger partial charge in [0.25, 0.3) is 0 Å². The van der Waals surface area contributed by atoms with E-state index in [0.717, 1.165) is 19.4 Å². The Bertz CT molecular complexity index is 322. The SMILES string of the molecule is CCCCCCCCOCCCNC(=O)C(NC(N)=O)C(C)C. The van der Waals surface area contributed by atoms with Gasteiger partial charge in [0.2, 0.25) is 5.91 Å². The number of nitrogens with two attached hydrogens (primary N) is 1. The van der Waals surface area contributed by atoms with E-state index < -0.39 is 12.1 Å². The summed E-state index contributed by atoms with van der Waals surface area (Å²) < 4.78 is 5.55. The standard InChI is InChI=1S/C17H35N3O3/c1-4-5-6-7-8-9-12-23-13-10-11-19-16(21)15(14(2)3)20-17(18)22/h14-15H,4-13H2,1-3H3,(H,19,21)(H3,18,20,22). The zero-order valence-electron chi connectivity index (χ0n) is 15.0. The van der Waals surface area contributed by atoms with Crippen LogP contribution in [0.3, 0.4) is 0 Å². The first kappa shape index (κ1) is 21.7. The van der Waals surface area contributed by atoms with Crippen molar-refractivity contribution in [2.75, 3.05) is 19.8 Å². The normalized spacial score (nSPS) is 12.2. The monoisotopic (exact) mass is 329 g/mol. The van der Waals surface area contributed by atoms with Crippen LogP contribution in [-0.2, 0) is 9.53 Å². The predicted octanol–water partition coefficient (Wildman–Crippen LogP) is 2.56. The van der Waals surface area contributed by atoms with Crippen LogP contribution in [-0.4, -0.2) is 37.7 Å². The van der Waals surface area contributed by atoms with Crippen molar-refractivity contribution in [3.05, 3.63) is 0 Å².